The number of nitrogens with one attached hydrogen (secondary N) is 1. The van der Waals surface area contributed by atoms with Gasteiger partial charge in [0.1, 0.15) is 0 Å². The molecule has 1 heterocycles. The maximum absolute atomic E-state index is 13.3. The number of hydrogen-bond acceptors (Lipinski definition) is 4. The van der Waals surface area contributed by atoms with Crippen LogP contribution in [0.15, 0.2) is 6.20 Å². The van der Waals surface area contributed by atoms with Crippen LogP contribution >= 0.6 is 11.6 Å². The lowest BCUT2D eigenvalue weighted by atomic mass is 9.85. The van der Waals surface area contributed by atoms with E-state index in [1.807, 2.05) is 0 Å². The van der Waals surface area contributed by atoms with Crippen LogP contribution in [-0.2, 0) is 0 Å². The average molecular weight is 260 g/mol. The number of anilines is 1. The van der Waals surface area contributed by atoms with Crippen molar-refractivity contribution < 1.29 is 9.50 Å². The summed E-state index contributed by atoms with van der Waals surface area (Å²) in [7, 11) is 0. The highest BCUT2D eigenvalue weighted by atomic mass is 35.5. The normalized spacial score (nSPS) is 19.0. The van der Waals surface area contributed by atoms with Crippen LogP contribution in [0, 0.1) is 5.82 Å². The minimum atomic E-state index is -0.762. The fourth-order valence-corrected chi connectivity index (χ4v) is 2.24. The molecule has 0 aromatic carbocycles. The van der Waals surface area contributed by atoms with Crippen molar-refractivity contribution in [1.82, 2.24) is 9.97 Å². The van der Waals surface area contributed by atoms with Crippen molar-refractivity contribution in [1.29, 1.82) is 0 Å². The monoisotopic (exact) mass is 259 g/mol. The van der Waals surface area contributed by atoms with Crippen LogP contribution in [0.25, 0.3) is 0 Å². The van der Waals surface area contributed by atoms with Gasteiger partial charge in [0.15, 0.2) is 11.6 Å². The Kier molecular flexibility index (Phi) is 3.79. The van der Waals surface area contributed by atoms with Gasteiger partial charge >= 0.3 is 0 Å². The first-order valence-electron chi connectivity index (χ1n) is 5.73. The molecule has 0 saturated heterocycles. The average Bonchev–Trinajstić information content (AvgIpc) is 2.31. The molecule has 1 aromatic rings. The van der Waals surface area contributed by atoms with Gasteiger partial charge in [-0.25, -0.2) is 9.37 Å². The third-order valence-electron chi connectivity index (χ3n) is 3.08. The van der Waals surface area contributed by atoms with Gasteiger partial charge in [-0.15, -0.1) is 0 Å². The summed E-state index contributed by atoms with van der Waals surface area (Å²) in [5, 5.41) is 13.0. The number of hydrogen-bond donors (Lipinski definition) is 2. The minimum Gasteiger partial charge on any atom is -0.388 e. The number of rotatable bonds is 3. The van der Waals surface area contributed by atoms with Gasteiger partial charge in [-0.05, 0) is 24.4 Å². The molecule has 6 heteroatoms. The van der Waals surface area contributed by atoms with E-state index in [0.29, 0.717) is 0 Å². The molecule has 1 fully saturated rings. The van der Waals surface area contributed by atoms with Crippen LogP contribution in [0.1, 0.15) is 32.1 Å². The molecule has 0 bridgehead atoms. The van der Waals surface area contributed by atoms with Gasteiger partial charge < -0.3 is 10.4 Å². The zero-order chi connectivity index (χ0) is 12.3. The summed E-state index contributed by atoms with van der Waals surface area (Å²) in [6, 6.07) is 0. The van der Waals surface area contributed by atoms with Crippen molar-refractivity contribution in [3.05, 3.63) is 17.3 Å². The molecule has 0 aliphatic heterocycles. The van der Waals surface area contributed by atoms with E-state index in [1.165, 1.54) is 0 Å². The van der Waals surface area contributed by atoms with E-state index in [-0.39, 0.29) is 17.6 Å². The maximum Gasteiger partial charge on any atom is 0.224 e. The van der Waals surface area contributed by atoms with E-state index in [1.54, 1.807) is 0 Å². The lowest BCUT2D eigenvalue weighted by molar-refractivity contribution is 0.0166. The van der Waals surface area contributed by atoms with E-state index < -0.39 is 11.4 Å². The predicted molar refractivity (Wildman–Crippen MR) is 63.5 cm³/mol. The van der Waals surface area contributed by atoms with Gasteiger partial charge in [-0.1, -0.05) is 19.3 Å². The van der Waals surface area contributed by atoms with Gasteiger partial charge in [0, 0.05) is 6.54 Å². The largest absolute Gasteiger partial charge is 0.388 e. The van der Waals surface area contributed by atoms with Crippen molar-refractivity contribution in [2.45, 2.75) is 37.7 Å². The molecule has 1 aliphatic rings. The SMILES string of the molecule is OC1(CNc2nc(Cl)ncc2F)CCCCC1. The smallest absolute Gasteiger partial charge is 0.224 e. The molecular formula is C11H15ClFN3O. The van der Waals surface area contributed by atoms with Gasteiger partial charge in [0.25, 0.3) is 0 Å². The maximum atomic E-state index is 13.3. The van der Waals surface area contributed by atoms with Crippen LogP contribution in [0.4, 0.5) is 10.2 Å². The highest BCUT2D eigenvalue weighted by Gasteiger charge is 2.29. The summed E-state index contributed by atoms with van der Waals surface area (Å²) < 4.78 is 13.3. The first-order chi connectivity index (χ1) is 8.09. The molecule has 0 amide bonds. The van der Waals surface area contributed by atoms with E-state index in [0.717, 1.165) is 38.3 Å². The molecule has 94 valence electrons. The molecule has 4 nitrogen and oxygen atoms in total. The molecule has 2 N–H and O–H groups in total. The van der Waals surface area contributed by atoms with Crippen molar-refractivity contribution in [3.63, 3.8) is 0 Å². The Morgan fingerprint density at radius 2 is 2.12 bits per heavy atom. The summed E-state index contributed by atoms with van der Waals surface area (Å²) in [5.41, 5.74) is -0.762. The molecule has 0 unspecified atom stereocenters. The Bertz CT molecular complexity index is 396. The Hall–Kier alpha value is -0.940. The number of halogens is 2. The second-order valence-electron chi connectivity index (χ2n) is 4.47. The van der Waals surface area contributed by atoms with Crippen molar-refractivity contribution in [3.8, 4) is 0 Å². The van der Waals surface area contributed by atoms with Crippen LogP contribution in [0.5, 0.6) is 0 Å². The Balaban J connectivity index is 1.99. The molecule has 0 atom stereocenters. The van der Waals surface area contributed by atoms with E-state index in [9.17, 15) is 9.50 Å². The second-order valence-corrected chi connectivity index (χ2v) is 4.81. The van der Waals surface area contributed by atoms with Crippen LogP contribution in [-0.4, -0.2) is 27.2 Å². The molecular weight excluding hydrogens is 245 g/mol. The summed E-state index contributed by atoms with van der Waals surface area (Å²) in [4.78, 5) is 7.27. The molecule has 1 aliphatic carbocycles. The van der Waals surface area contributed by atoms with E-state index >= 15 is 0 Å². The van der Waals surface area contributed by atoms with Crippen LogP contribution in [0.2, 0.25) is 5.28 Å². The summed E-state index contributed by atoms with van der Waals surface area (Å²) >= 11 is 5.58. The van der Waals surface area contributed by atoms with Crippen molar-refractivity contribution in [2.75, 3.05) is 11.9 Å². The molecule has 1 aromatic heterocycles. The van der Waals surface area contributed by atoms with Gasteiger partial charge in [0.2, 0.25) is 5.28 Å². The summed E-state index contributed by atoms with van der Waals surface area (Å²) in [6.45, 7) is 0.289. The third-order valence-corrected chi connectivity index (χ3v) is 3.27. The van der Waals surface area contributed by atoms with Crippen LogP contribution < -0.4 is 5.32 Å². The quantitative estimate of drug-likeness (QED) is 0.819. The first-order valence-corrected chi connectivity index (χ1v) is 6.11. The number of nitrogens with zero attached hydrogens (tertiary/aromatic N) is 2. The lowest BCUT2D eigenvalue weighted by Crippen LogP contribution is -2.39. The highest BCUT2D eigenvalue weighted by Crippen LogP contribution is 2.28. The Morgan fingerprint density at radius 1 is 1.41 bits per heavy atom. The standard InChI is InChI=1S/C11H15ClFN3O/c12-10-14-6-8(13)9(16-10)15-7-11(17)4-2-1-3-5-11/h6,17H,1-5,7H2,(H,14,15,16). The van der Waals surface area contributed by atoms with E-state index in [4.69, 9.17) is 11.6 Å². The Labute approximate surface area is 104 Å². The molecule has 0 spiro atoms. The highest BCUT2D eigenvalue weighted by molar-refractivity contribution is 6.28. The summed E-state index contributed by atoms with van der Waals surface area (Å²) in [6.07, 6.45) is 5.65. The molecule has 0 radical (unpaired) electrons. The molecule has 1 saturated carbocycles. The molecule has 2 rings (SSSR count). The second kappa shape index (κ2) is 5.14. The minimum absolute atomic E-state index is 0.00969. The number of aromatic nitrogens is 2. The van der Waals surface area contributed by atoms with Gasteiger partial charge in [0.05, 0.1) is 11.8 Å². The fourth-order valence-electron chi connectivity index (χ4n) is 2.10. The number of aliphatic hydroxyl groups is 1. The van der Waals surface area contributed by atoms with Gasteiger partial charge in [-0.3, -0.25) is 0 Å². The Morgan fingerprint density at radius 3 is 2.82 bits per heavy atom. The van der Waals surface area contributed by atoms with Crippen LogP contribution in [0.3, 0.4) is 0 Å². The third kappa shape index (κ3) is 3.26. The van der Waals surface area contributed by atoms with Crippen molar-refractivity contribution >= 4 is 17.4 Å². The van der Waals surface area contributed by atoms with E-state index in [2.05, 4.69) is 15.3 Å². The zero-order valence-electron chi connectivity index (χ0n) is 9.42. The lowest BCUT2D eigenvalue weighted by Gasteiger charge is -2.32. The molecule has 17 heavy (non-hydrogen) atoms. The predicted octanol–water partition coefficient (Wildman–Crippen LogP) is 2.38. The van der Waals surface area contributed by atoms with Crippen molar-refractivity contribution in [2.24, 2.45) is 0 Å². The zero-order valence-corrected chi connectivity index (χ0v) is 10.2. The summed E-state index contributed by atoms with van der Waals surface area (Å²) in [5.74, 6) is -0.516. The van der Waals surface area contributed by atoms with Gasteiger partial charge in [-0.2, -0.15) is 4.98 Å². The topological polar surface area (TPSA) is 58.0 Å². The first kappa shape index (κ1) is 12.5. The fraction of sp³-hybridized carbons (Fsp3) is 0.636.